The first-order valence-electron chi connectivity index (χ1n) is 6.63. The standard InChI is InChI=1S/C14H25N3O2/c1-9(2)14(5,19)8-15-13(18)7-12-10(3)16-17(6)11(12)4/h9,19H,7-8H2,1-6H3,(H,15,18). The highest BCUT2D eigenvalue weighted by molar-refractivity contribution is 5.79. The average Bonchev–Trinajstić information content (AvgIpc) is 2.53. The fourth-order valence-electron chi connectivity index (χ4n) is 1.78. The second-order valence-electron chi connectivity index (χ2n) is 5.74. The molecule has 1 atom stereocenters. The van der Waals surface area contributed by atoms with Gasteiger partial charge in [-0.25, -0.2) is 0 Å². The molecule has 108 valence electrons. The Kier molecular flexibility index (Phi) is 4.74. The largest absolute Gasteiger partial charge is 0.388 e. The van der Waals surface area contributed by atoms with Crippen molar-refractivity contribution in [1.82, 2.24) is 15.1 Å². The lowest BCUT2D eigenvalue weighted by molar-refractivity contribution is -0.122. The molecule has 0 aliphatic heterocycles. The number of carbonyl (C=O) groups excluding carboxylic acids is 1. The Morgan fingerprint density at radius 1 is 1.47 bits per heavy atom. The topological polar surface area (TPSA) is 67.2 Å². The summed E-state index contributed by atoms with van der Waals surface area (Å²) in [5.41, 5.74) is 1.97. The van der Waals surface area contributed by atoms with Crippen molar-refractivity contribution in [2.45, 2.75) is 46.6 Å². The van der Waals surface area contributed by atoms with E-state index in [0.717, 1.165) is 17.0 Å². The average molecular weight is 267 g/mol. The number of hydrogen-bond donors (Lipinski definition) is 2. The smallest absolute Gasteiger partial charge is 0.224 e. The van der Waals surface area contributed by atoms with E-state index < -0.39 is 5.60 Å². The maximum Gasteiger partial charge on any atom is 0.224 e. The molecule has 0 aromatic carbocycles. The van der Waals surface area contributed by atoms with Crippen LogP contribution in [0, 0.1) is 19.8 Å². The van der Waals surface area contributed by atoms with Crippen molar-refractivity contribution in [2.24, 2.45) is 13.0 Å². The minimum absolute atomic E-state index is 0.0832. The van der Waals surface area contributed by atoms with Crippen LogP contribution in [-0.2, 0) is 18.3 Å². The van der Waals surface area contributed by atoms with Crippen molar-refractivity contribution in [3.8, 4) is 0 Å². The van der Waals surface area contributed by atoms with Crippen molar-refractivity contribution in [3.63, 3.8) is 0 Å². The molecule has 2 N–H and O–H groups in total. The second kappa shape index (κ2) is 5.74. The van der Waals surface area contributed by atoms with E-state index >= 15 is 0 Å². The predicted molar refractivity (Wildman–Crippen MR) is 74.9 cm³/mol. The lowest BCUT2D eigenvalue weighted by atomic mass is 9.92. The first-order chi connectivity index (χ1) is 8.65. The van der Waals surface area contributed by atoms with Crippen LogP contribution in [0.3, 0.4) is 0 Å². The van der Waals surface area contributed by atoms with Gasteiger partial charge in [-0.2, -0.15) is 5.10 Å². The van der Waals surface area contributed by atoms with Gasteiger partial charge in [0, 0.05) is 24.8 Å². The number of aromatic nitrogens is 2. The van der Waals surface area contributed by atoms with Crippen molar-refractivity contribution in [3.05, 3.63) is 17.0 Å². The lowest BCUT2D eigenvalue weighted by Gasteiger charge is -2.27. The summed E-state index contributed by atoms with van der Waals surface area (Å²) in [6, 6.07) is 0. The predicted octanol–water partition coefficient (Wildman–Crippen LogP) is 1.10. The molecule has 1 amide bonds. The zero-order chi connectivity index (χ0) is 14.8. The van der Waals surface area contributed by atoms with E-state index in [1.165, 1.54) is 0 Å². The highest BCUT2D eigenvalue weighted by atomic mass is 16.3. The molecular formula is C14H25N3O2. The highest BCUT2D eigenvalue weighted by Crippen LogP contribution is 2.15. The minimum Gasteiger partial charge on any atom is -0.388 e. The van der Waals surface area contributed by atoms with Gasteiger partial charge in [0.05, 0.1) is 17.7 Å². The van der Waals surface area contributed by atoms with Gasteiger partial charge in [0.25, 0.3) is 0 Å². The number of aliphatic hydroxyl groups is 1. The summed E-state index contributed by atoms with van der Waals surface area (Å²) in [5.74, 6) is 0.00906. The van der Waals surface area contributed by atoms with Crippen LogP contribution in [0.2, 0.25) is 0 Å². The van der Waals surface area contributed by atoms with Crippen LogP contribution >= 0.6 is 0 Å². The molecule has 1 rings (SSSR count). The highest BCUT2D eigenvalue weighted by Gasteiger charge is 2.25. The Hall–Kier alpha value is -1.36. The van der Waals surface area contributed by atoms with Crippen LogP contribution in [0.25, 0.3) is 0 Å². The van der Waals surface area contributed by atoms with Gasteiger partial charge in [-0.1, -0.05) is 13.8 Å². The number of nitrogens with one attached hydrogen (secondary N) is 1. The lowest BCUT2D eigenvalue weighted by Crippen LogP contribution is -2.44. The summed E-state index contributed by atoms with van der Waals surface area (Å²) in [4.78, 5) is 11.9. The van der Waals surface area contributed by atoms with Gasteiger partial charge in [-0.15, -0.1) is 0 Å². The summed E-state index contributed by atoms with van der Waals surface area (Å²) in [5, 5.41) is 17.2. The molecule has 0 aliphatic carbocycles. The molecule has 0 bridgehead atoms. The molecule has 1 aromatic rings. The fourth-order valence-corrected chi connectivity index (χ4v) is 1.78. The van der Waals surface area contributed by atoms with Crippen LogP contribution in [0.1, 0.15) is 37.7 Å². The van der Waals surface area contributed by atoms with Crippen molar-refractivity contribution in [1.29, 1.82) is 0 Å². The number of amides is 1. The van der Waals surface area contributed by atoms with E-state index in [9.17, 15) is 9.90 Å². The molecule has 1 aromatic heterocycles. The molecule has 1 heterocycles. The quantitative estimate of drug-likeness (QED) is 0.839. The van der Waals surface area contributed by atoms with Crippen molar-refractivity contribution < 1.29 is 9.90 Å². The monoisotopic (exact) mass is 267 g/mol. The number of aryl methyl sites for hydroxylation is 2. The summed E-state index contributed by atoms with van der Waals surface area (Å²) < 4.78 is 1.78. The van der Waals surface area contributed by atoms with Gasteiger partial charge < -0.3 is 10.4 Å². The van der Waals surface area contributed by atoms with E-state index in [1.54, 1.807) is 11.6 Å². The van der Waals surface area contributed by atoms with Crippen molar-refractivity contribution >= 4 is 5.91 Å². The first kappa shape index (κ1) is 15.7. The SMILES string of the molecule is Cc1nn(C)c(C)c1CC(=O)NCC(C)(O)C(C)C. The molecule has 5 heteroatoms. The molecule has 0 radical (unpaired) electrons. The Balaban J connectivity index is 2.62. The maximum atomic E-state index is 11.9. The summed E-state index contributed by atoms with van der Waals surface area (Å²) >= 11 is 0. The van der Waals surface area contributed by atoms with Crippen LogP contribution in [0.5, 0.6) is 0 Å². The normalized spacial score (nSPS) is 14.5. The number of nitrogens with zero attached hydrogens (tertiary/aromatic N) is 2. The van der Waals surface area contributed by atoms with Crippen LogP contribution in [0.4, 0.5) is 0 Å². The summed E-state index contributed by atoms with van der Waals surface area (Å²) in [6.07, 6.45) is 0.305. The third-order valence-corrected chi connectivity index (χ3v) is 3.88. The van der Waals surface area contributed by atoms with E-state index in [2.05, 4.69) is 10.4 Å². The van der Waals surface area contributed by atoms with E-state index in [4.69, 9.17) is 0 Å². The third-order valence-electron chi connectivity index (χ3n) is 3.88. The molecule has 0 spiro atoms. The second-order valence-corrected chi connectivity index (χ2v) is 5.74. The molecule has 19 heavy (non-hydrogen) atoms. The van der Waals surface area contributed by atoms with E-state index in [1.807, 2.05) is 34.7 Å². The Morgan fingerprint density at radius 3 is 2.47 bits per heavy atom. The van der Waals surface area contributed by atoms with Crippen molar-refractivity contribution in [2.75, 3.05) is 6.54 Å². The minimum atomic E-state index is -0.880. The maximum absolute atomic E-state index is 11.9. The molecule has 0 saturated heterocycles. The van der Waals surface area contributed by atoms with Crippen LogP contribution in [-0.4, -0.2) is 32.9 Å². The van der Waals surface area contributed by atoms with Crippen LogP contribution < -0.4 is 5.32 Å². The van der Waals surface area contributed by atoms with Gasteiger partial charge >= 0.3 is 0 Å². The number of hydrogen-bond acceptors (Lipinski definition) is 3. The van der Waals surface area contributed by atoms with Gasteiger partial charge in [-0.05, 0) is 26.7 Å². The van der Waals surface area contributed by atoms with E-state index in [0.29, 0.717) is 6.42 Å². The third kappa shape index (κ3) is 3.80. The number of rotatable bonds is 5. The molecule has 5 nitrogen and oxygen atoms in total. The van der Waals surface area contributed by atoms with E-state index in [-0.39, 0.29) is 18.4 Å². The molecular weight excluding hydrogens is 242 g/mol. The Labute approximate surface area is 115 Å². The summed E-state index contributed by atoms with van der Waals surface area (Å²) in [6.45, 7) is 9.72. The van der Waals surface area contributed by atoms with Gasteiger partial charge in [0.15, 0.2) is 0 Å². The zero-order valence-electron chi connectivity index (χ0n) is 12.7. The Bertz CT molecular complexity index is 462. The molecule has 0 fully saturated rings. The molecule has 1 unspecified atom stereocenters. The molecule has 0 saturated carbocycles. The van der Waals surface area contributed by atoms with Gasteiger partial charge in [0.2, 0.25) is 5.91 Å². The number of carbonyl (C=O) groups is 1. The fraction of sp³-hybridized carbons (Fsp3) is 0.714. The van der Waals surface area contributed by atoms with Gasteiger partial charge in [0.1, 0.15) is 0 Å². The first-order valence-corrected chi connectivity index (χ1v) is 6.63. The Morgan fingerprint density at radius 2 is 2.05 bits per heavy atom. The molecule has 0 aliphatic rings. The van der Waals surface area contributed by atoms with Gasteiger partial charge in [-0.3, -0.25) is 9.48 Å². The zero-order valence-corrected chi connectivity index (χ0v) is 12.7. The van der Waals surface area contributed by atoms with Crippen LogP contribution in [0.15, 0.2) is 0 Å². The summed E-state index contributed by atoms with van der Waals surface area (Å²) in [7, 11) is 1.87.